The van der Waals surface area contributed by atoms with Gasteiger partial charge in [-0.15, -0.1) is 11.3 Å². The van der Waals surface area contributed by atoms with Crippen LogP contribution in [0.1, 0.15) is 61.5 Å². The summed E-state index contributed by atoms with van der Waals surface area (Å²) in [5.74, 6) is 1.60. The van der Waals surface area contributed by atoms with Crippen LogP contribution in [0.25, 0.3) is 0 Å². The Morgan fingerprint density at radius 3 is 2.64 bits per heavy atom. The predicted molar refractivity (Wildman–Crippen MR) is 89.2 cm³/mol. The third kappa shape index (κ3) is 3.69. The zero-order chi connectivity index (χ0) is 15.5. The Kier molecular flexibility index (Phi) is 4.81. The maximum atomic E-state index is 12.4. The number of carbonyl (C=O) groups is 2. The van der Waals surface area contributed by atoms with Crippen LogP contribution in [-0.4, -0.2) is 17.9 Å². The minimum atomic E-state index is -0.107. The van der Waals surface area contributed by atoms with Gasteiger partial charge in [-0.1, -0.05) is 25.7 Å². The Bertz CT molecular complexity index is 555. The molecular weight excluding hydrogens is 296 g/mol. The molecule has 0 aromatic carbocycles. The number of rotatable bonds is 3. The van der Waals surface area contributed by atoms with Gasteiger partial charge in [0.2, 0.25) is 5.91 Å². The average Bonchev–Trinajstić information content (AvgIpc) is 2.95. The Hall–Kier alpha value is -1.36. The quantitative estimate of drug-likeness (QED) is 0.890. The highest BCUT2D eigenvalue weighted by Crippen LogP contribution is 2.40. The zero-order valence-electron chi connectivity index (χ0n) is 13.1. The first kappa shape index (κ1) is 15.5. The standard InChI is InChI=1S/C17H24N2O2S/c1-11(20)18-16-9-8-15(22-16)17(21)19-14-7-6-12-4-2-3-5-13(12)10-14/h8-9,12-14H,2-7,10H2,1H3,(H,18,20)(H,19,21)/t12-,13+,14-/m1/s1. The van der Waals surface area contributed by atoms with E-state index in [1.165, 1.54) is 50.4 Å². The summed E-state index contributed by atoms with van der Waals surface area (Å²) in [5.41, 5.74) is 0. The number of anilines is 1. The van der Waals surface area contributed by atoms with Crippen molar-refractivity contribution in [3.8, 4) is 0 Å². The topological polar surface area (TPSA) is 58.2 Å². The molecule has 120 valence electrons. The van der Waals surface area contributed by atoms with Gasteiger partial charge in [-0.05, 0) is 43.2 Å². The lowest BCUT2D eigenvalue weighted by atomic mass is 9.69. The summed E-state index contributed by atoms with van der Waals surface area (Å²) in [7, 11) is 0. The van der Waals surface area contributed by atoms with Crippen LogP contribution in [0.3, 0.4) is 0 Å². The minimum Gasteiger partial charge on any atom is -0.349 e. The molecule has 4 nitrogen and oxygen atoms in total. The van der Waals surface area contributed by atoms with Crippen molar-refractivity contribution in [2.75, 3.05) is 5.32 Å². The van der Waals surface area contributed by atoms with Gasteiger partial charge >= 0.3 is 0 Å². The highest BCUT2D eigenvalue weighted by atomic mass is 32.1. The summed E-state index contributed by atoms with van der Waals surface area (Å²) in [4.78, 5) is 24.1. The van der Waals surface area contributed by atoms with Crippen LogP contribution in [0, 0.1) is 11.8 Å². The Morgan fingerprint density at radius 2 is 1.86 bits per heavy atom. The van der Waals surface area contributed by atoms with Crippen LogP contribution in [0.4, 0.5) is 5.00 Å². The van der Waals surface area contributed by atoms with Gasteiger partial charge in [0.15, 0.2) is 0 Å². The molecule has 2 fully saturated rings. The van der Waals surface area contributed by atoms with Crippen LogP contribution in [0.5, 0.6) is 0 Å². The molecule has 0 saturated heterocycles. The summed E-state index contributed by atoms with van der Waals surface area (Å²) < 4.78 is 0. The molecule has 2 saturated carbocycles. The van der Waals surface area contributed by atoms with E-state index in [9.17, 15) is 9.59 Å². The summed E-state index contributed by atoms with van der Waals surface area (Å²) in [6.45, 7) is 1.47. The fraction of sp³-hybridized carbons (Fsp3) is 0.647. The van der Waals surface area contributed by atoms with E-state index in [1.807, 2.05) is 0 Å². The zero-order valence-corrected chi connectivity index (χ0v) is 13.9. The van der Waals surface area contributed by atoms with E-state index < -0.39 is 0 Å². The van der Waals surface area contributed by atoms with Crippen LogP contribution in [0.15, 0.2) is 12.1 Å². The molecule has 2 amide bonds. The van der Waals surface area contributed by atoms with Crippen molar-refractivity contribution in [2.24, 2.45) is 11.8 Å². The molecule has 5 heteroatoms. The average molecular weight is 320 g/mol. The van der Waals surface area contributed by atoms with Crippen LogP contribution in [-0.2, 0) is 4.79 Å². The van der Waals surface area contributed by atoms with E-state index in [4.69, 9.17) is 0 Å². The Morgan fingerprint density at radius 1 is 1.09 bits per heavy atom. The van der Waals surface area contributed by atoms with Crippen molar-refractivity contribution in [3.63, 3.8) is 0 Å². The van der Waals surface area contributed by atoms with Crippen molar-refractivity contribution in [1.82, 2.24) is 5.32 Å². The number of nitrogens with one attached hydrogen (secondary N) is 2. The van der Waals surface area contributed by atoms with Crippen molar-refractivity contribution in [1.29, 1.82) is 0 Å². The lowest BCUT2D eigenvalue weighted by molar-refractivity contribution is -0.114. The van der Waals surface area contributed by atoms with Crippen LogP contribution in [0.2, 0.25) is 0 Å². The molecule has 2 N–H and O–H groups in total. The molecule has 0 spiro atoms. The van der Waals surface area contributed by atoms with Crippen LogP contribution >= 0.6 is 11.3 Å². The summed E-state index contributed by atoms with van der Waals surface area (Å²) in [6, 6.07) is 3.90. The van der Waals surface area contributed by atoms with Crippen LogP contribution < -0.4 is 10.6 Å². The molecule has 0 radical (unpaired) electrons. The molecular formula is C17H24N2O2S. The summed E-state index contributed by atoms with van der Waals surface area (Å²) in [6.07, 6.45) is 8.97. The fourth-order valence-electron chi connectivity index (χ4n) is 3.96. The molecule has 1 aromatic rings. The molecule has 1 aromatic heterocycles. The van der Waals surface area contributed by atoms with E-state index in [1.54, 1.807) is 12.1 Å². The first-order chi connectivity index (χ1) is 10.6. The molecule has 3 rings (SSSR count). The predicted octanol–water partition coefficient (Wildman–Crippen LogP) is 3.80. The molecule has 2 aliphatic rings. The van der Waals surface area contributed by atoms with Gasteiger partial charge in [0.1, 0.15) is 0 Å². The highest BCUT2D eigenvalue weighted by Gasteiger charge is 2.32. The molecule has 3 atom stereocenters. The maximum Gasteiger partial charge on any atom is 0.261 e. The van der Waals surface area contributed by atoms with E-state index in [-0.39, 0.29) is 11.8 Å². The molecule has 0 bridgehead atoms. The molecule has 1 heterocycles. The van der Waals surface area contributed by atoms with Crippen molar-refractivity contribution >= 4 is 28.2 Å². The summed E-state index contributed by atoms with van der Waals surface area (Å²) in [5, 5.41) is 6.64. The third-order valence-corrected chi connectivity index (χ3v) is 6.00. The second-order valence-electron chi connectivity index (χ2n) is 6.63. The second-order valence-corrected chi connectivity index (χ2v) is 7.72. The largest absolute Gasteiger partial charge is 0.349 e. The number of hydrogen-bond acceptors (Lipinski definition) is 3. The van der Waals surface area contributed by atoms with Gasteiger partial charge in [-0.3, -0.25) is 9.59 Å². The van der Waals surface area contributed by atoms with E-state index in [0.717, 1.165) is 29.7 Å². The number of amides is 2. The normalized spacial score (nSPS) is 27.8. The molecule has 2 aliphatic carbocycles. The van der Waals surface area contributed by atoms with Gasteiger partial charge in [-0.25, -0.2) is 0 Å². The lowest BCUT2D eigenvalue weighted by Crippen LogP contribution is -2.41. The number of thiophene rings is 1. The number of hydrogen-bond donors (Lipinski definition) is 2. The number of carbonyl (C=O) groups excluding carboxylic acids is 2. The SMILES string of the molecule is CC(=O)Nc1ccc(C(=O)N[C@@H]2CC[C@H]3CCCC[C@H]3C2)s1. The molecule has 0 unspecified atom stereocenters. The van der Waals surface area contributed by atoms with Gasteiger partial charge in [0.25, 0.3) is 5.91 Å². The maximum absolute atomic E-state index is 12.4. The van der Waals surface area contributed by atoms with E-state index >= 15 is 0 Å². The first-order valence-electron chi connectivity index (χ1n) is 8.30. The highest BCUT2D eigenvalue weighted by molar-refractivity contribution is 7.18. The molecule has 0 aliphatic heterocycles. The third-order valence-electron chi connectivity index (χ3n) is 5.00. The Labute approximate surface area is 135 Å². The first-order valence-corrected chi connectivity index (χ1v) is 9.12. The fourth-order valence-corrected chi connectivity index (χ4v) is 4.82. The van der Waals surface area contributed by atoms with Gasteiger partial charge in [0, 0.05) is 13.0 Å². The van der Waals surface area contributed by atoms with Crippen molar-refractivity contribution in [3.05, 3.63) is 17.0 Å². The number of fused-ring (bicyclic) bond motifs is 1. The summed E-state index contributed by atoms with van der Waals surface area (Å²) >= 11 is 1.34. The van der Waals surface area contributed by atoms with Gasteiger partial charge in [-0.2, -0.15) is 0 Å². The van der Waals surface area contributed by atoms with Gasteiger partial charge < -0.3 is 10.6 Å². The smallest absolute Gasteiger partial charge is 0.261 e. The Balaban J connectivity index is 1.55. The van der Waals surface area contributed by atoms with E-state index in [0.29, 0.717) is 10.9 Å². The van der Waals surface area contributed by atoms with E-state index in [2.05, 4.69) is 10.6 Å². The monoisotopic (exact) mass is 320 g/mol. The van der Waals surface area contributed by atoms with Crippen molar-refractivity contribution < 1.29 is 9.59 Å². The van der Waals surface area contributed by atoms with Crippen molar-refractivity contribution in [2.45, 2.75) is 57.9 Å². The second kappa shape index (κ2) is 6.82. The molecule has 22 heavy (non-hydrogen) atoms. The minimum absolute atomic E-state index is 0.000798. The lowest BCUT2D eigenvalue weighted by Gasteiger charge is -2.39. The van der Waals surface area contributed by atoms with Gasteiger partial charge in [0.05, 0.1) is 9.88 Å².